The Morgan fingerprint density at radius 3 is 2.56 bits per heavy atom. The van der Waals surface area contributed by atoms with Gasteiger partial charge in [-0.05, 0) is 25.5 Å². The van der Waals surface area contributed by atoms with E-state index in [1.807, 2.05) is 32.0 Å². The molecule has 1 rings (SSSR count). The van der Waals surface area contributed by atoms with E-state index in [2.05, 4.69) is 5.32 Å². The summed E-state index contributed by atoms with van der Waals surface area (Å²) in [5, 5.41) is 2.82. The van der Waals surface area contributed by atoms with Crippen molar-refractivity contribution in [3.63, 3.8) is 0 Å². The molecule has 0 aliphatic heterocycles. The topological polar surface area (TPSA) is 64.3 Å². The highest BCUT2D eigenvalue weighted by molar-refractivity contribution is 5.95. The number of methoxy groups -OCH3 is 1. The van der Waals surface area contributed by atoms with Crippen LogP contribution >= 0.6 is 12.4 Å². The second-order valence-electron chi connectivity index (χ2n) is 4.76. The van der Waals surface area contributed by atoms with Gasteiger partial charge in [-0.3, -0.25) is 4.79 Å². The fourth-order valence-electron chi connectivity index (χ4n) is 1.43. The quantitative estimate of drug-likeness (QED) is 0.858. The van der Waals surface area contributed by atoms with Gasteiger partial charge in [-0.1, -0.05) is 18.2 Å². The monoisotopic (exact) mass is 272 g/mol. The van der Waals surface area contributed by atoms with Crippen LogP contribution in [0.4, 0.5) is 0 Å². The number of rotatable bonds is 5. The zero-order valence-corrected chi connectivity index (χ0v) is 11.8. The van der Waals surface area contributed by atoms with Gasteiger partial charge in [0.1, 0.15) is 0 Å². The number of ether oxygens (including phenoxy) is 1. The zero-order valence-electron chi connectivity index (χ0n) is 11.0. The van der Waals surface area contributed by atoms with Gasteiger partial charge < -0.3 is 15.8 Å². The summed E-state index contributed by atoms with van der Waals surface area (Å²) in [5.74, 6) is -0.115. The SMILES string of the molecule is COCc1ccccc1C(=O)NCC(C)(C)N.Cl. The van der Waals surface area contributed by atoms with Crippen molar-refractivity contribution < 1.29 is 9.53 Å². The molecule has 0 aliphatic carbocycles. The summed E-state index contributed by atoms with van der Waals surface area (Å²) in [6, 6.07) is 7.39. The zero-order chi connectivity index (χ0) is 12.9. The van der Waals surface area contributed by atoms with Gasteiger partial charge >= 0.3 is 0 Å². The highest BCUT2D eigenvalue weighted by atomic mass is 35.5. The van der Waals surface area contributed by atoms with Crippen LogP contribution in [-0.2, 0) is 11.3 Å². The van der Waals surface area contributed by atoms with Crippen molar-refractivity contribution in [1.82, 2.24) is 5.32 Å². The normalized spacial score (nSPS) is 10.7. The first-order valence-corrected chi connectivity index (χ1v) is 5.58. The summed E-state index contributed by atoms with van der Waals surface area (Å²) in [4.78, 5) is 12.0. The molecule has 3 N–H and O–H groups in total. The summed E-state index contributed by atoms with van der Waals surface area (Å²) in [6.45, 7) is 4.60. The predicted octanol–water partition coefficient (Wildman–Crippen LogP) is 1.72. The van der Waals surface area contributed by atoms with Crippen molar-refractivity contribution >= 4 is 18.3 Å². The van der Waals surface area contributed by atoms with Crippen LogP contribution in [0.15, 0.2) is 24.3 Å². The Hall–Kier alpha value is -1.10. The molecule has 0 unspecified atom stereocenters. The van der Waals surface area contributed by atoms with E-state index in [1.165, 1.54) is 0 Å². The lowest BCUT2D eigenvalue weighted by Crippen LogP contribution is -2.45. The van der Waals surface area contributed by atoms with Crippen molar-refractivity contribution in [3.8, 4) is 0 Å². The summed E-state index contributed by atoms with van der Waals surface area (Å²) < 4.78 is 5.06. The van der Waals surface area contributed by atoms with E-state index in [0.29, 0.717) is 18.7 Å². The molecular formula is C13H21ClN2O2. The average Bonchev–Trinajstić information content (AvgIpc) is 2.26. The maximum Gasteiger partial charge on any atom is 0.251 e. The minimum atomic E-state index is -0.411. The highest BCUT2D eigenvalue weighted by Gasteiger charge is 2.15. The van der Waals surface area contributed by atoms with Crippen LogP contribution in [0.2, 0.25) is 0 Å². The minimum absolute atomic E-state index is 0. The molecule has 1 aromatic rings. The lowest BCUT2D eigenvalue weighted by atomic mass is 10.1. The molecule has 5 heteroatoms. The Labute approximate surface area is 114 Å². The molecule has 1 amide bonds. The number of halogens is 1. The van der Waals surface area contributed by atoms with Gasteiger partial charge in [-0.2, -0.15) is 0 Å². The van der Waals surface area contributed by atoms with Crippen LogP contribution in [-0.4, -0.2) is 25.1 Å². The van der Waals surface area contributed by atoms with Gasteiger partial charge in [0.15, 0.2) is 0 Å². The Morgan fingerprint density at radius 1 is 1.39 bits per heavy atom. The smallest absolute Gasteiger partial charge is 0.251 e. The van der Waals surface area contributed by atoms with E-state index in [-0.39, 0.29) is 18.3 Å². The van der Waals surface area contributed by atoms with E-state index in [4.69, 9.17) is 10.5 Å². The number of benzene rings is 1. The Kier molecular flexibility index (Phi) is 6.91. The number of amides is 1. The molecule has 0 radical (unpaired) electrons. The fourth-order valence-corrected chi connectivity index (χ4v) is 1.43. The molecule has 0 spiro atoms. The first-order valence-electron chi connectivity index (χ1n) is 5.58. The third-order valence-corrected chi connectivity index (χ3v) is 2.27. The Balaban J connectivity index is 0.00000289. The highest BCUT2D eigenvalue weighted by Crippen LogP contribution is 2.10. The second-order valence-corrected chi connectivity index (χ2v) is 4.76. The van der Waals surface area contributed by atoms with Crippen LogP contribution in [0.25, 0.3) is 0 Å². The van der Waals surface area contributed by atoms with E-state index in [0.717, 1.165) is 5.56 Å². The van der Waals surface area contributed by atoms with E-state index in [9.17, 15) is 4.79 Å². The van der Waals surface area contributed by atoms with E-state index < -0.39 is 5.54 Å². The standard InChI is InChI=1S/C13H20N2O2.ClH/c1-13(2,14)9-15-12(16)11-7-5-4-6-10(11)8-17-3;/h4-7H,8-9,14H2,1-3H3,(H,15,16);1H. The van der Waals surface area contributed by atoms with Crippen LogP contribution < -0.4 is 11.1 Å². The lowest BCUT2D eigenvalue weighted by molar-refractivity contribution is 0.0941. The predicted molar refractivity (Wildman–Crippen MR) is 75.0 cm³/mol. The fraction of sp³-hybridized carbons (Fsp3) is 0.462. The third-order valence-electron chi connectivity index (χ3n) is 2.27. The Bertz CT molecular complexity index is 389. The van der Waals surface area contributed by atoms with Crippen LogP contribution in [0.5, 0.6) is 0 Å². The lowest BCUT2D eigenvalue weighted by Gasteiger charge is -2.19. The maximum absolute atomic E-state index is 12.0. The van der Waals surface area contributed by atoms with Gasteiger partial charge in [0.2, 0.25) is 0 Å². The number of nitrogens with two attached hydrogens (primary N) is 1. The molecule has 0 aromatic heterocycles. The molecule has 102 valence electrons. The Morgan fingerprint density at radius 2 is 2.00 bits per heavy atom. The average molecular weight is 273 g/mol. The molecule has 0 fully saturated rings. The molecule has 0 saturated carbocycles. The van der Waals surface area contributed by atoms with Gasteiger partial charge in [0, 0.05) is 24.8 Å². The summed E-state index contributed by atoms with van der Waals surface area (Å²) in [7, 11) is 1.61. The molecule has 0 aliphatic rings. The van der Waals surface area contributed by atoms with Gasteiger partial charge in [0.25, 0.3) is 5.91 Å². The molecule has 18 heavy (non-hydrogen) atoms. The first kappa shape index (κ1) is 16.9. The molecular weight excluding hydrogens is 252 g/mol. The van der Waals surface area contributed by atoms with Crippen LogP contribution in [0.1, 0.15) is 29.8 Å². The maximum atomic E-state index is 12.0. The van der Waals surface area contributed by atoms with Crippen molar-refractivity contribution in [3.05, 3.63) is 35.4 Å². The van der Waals surface area contributed by atoms with Gasteiger partial charge in [-0.15, -0.1) is 12.4 Å². The van der Waals surface area contributed by atoms with E-state index >= 15 is 0 Å². The van der Waals surface area contributed by atoms with Gasteiger partial charge in [0.05, 0.1) is 6.61 Å². The van der Waals surface area contributed by atoms with Crippen molar-refractivity contribution in [2.45, 2.75) is 26.0 Å². The van der Waals surface area contributed by atoms with Gasteiger partial charge in [-0.25, -0.2) is 0 Å². The summed E-state index contributed by atoms with van der Waals surface area (Å²) in [6.07, 6.45) is 0. The molecule has 0 bridgehead atoms. The number of carbonyl (C=O) groups excluding carboxylic acids is 1. The van der Waals surface area contributed by atoms with Crippen LogP contribution in [0, 0.1) is 0 Å². The van der Waals surface area contributed by atoms with Crippen molar-refractivity contribution in [2.75, 3.05) is 13.7 Å². The molecule has 4 nitrogen and oxygen atoms in total. The largest absolute Gasteiger partial charge is 0.380 e. The van der Waals surface area contributed by atoms with Crippen molar-refractivity contribution in [1.29, 1.82) is 0 Å². The number of carbonyl (C=O) groups is 1. The third kappa shape index (κ3) is 5.49. The van der Waals surface area contributed by atoms with Crippen molar-refractivity contribution in [2.24, 2.45) is 5.73 Å². The molecule has 0 heterocycles. The minimum Gasteiger partial charge on any atom is -0.380 e. The van der Waals surface area contributed by atoms with E-state index in [1.54, 1.807) is 13.2 Å². The second kappa shape index (κ2) is 7.36. The summed E-state index contributed by atoms with van der Waals surface area (Å²) in [5.41, 5.74) is 6.92. The molecule has 0 saturated heterocycles. The molecule has 0 atom stereocenters. The number of nitrogens with one attached hydrogen (secondary N) is 1. The number of hydrogen-bond donors (Lipinski definition) is 2. The first-order chi connectivity index (χ1) is 7.94. The number of hydrogen-bond acceptors (Lipinski definition) is 3. The molecule has 1 aromatic carbocycles. The van der Waals surface area contributed by atoms with Crippen LogP contribution in [0.3, 0.4) is 0 Å². The summed E-state index contributed by atoms with van der Waals surface area (Å²) >= 11 is 0.